The summed E-state index contributed by atoms with van der Waals surface area (Å²) in [6.07, 6.45) is 1.82. The van der Waals surface area contributed by atoms with Gasteiger partial charge in [-0.25, -0.2) is 4.68 Å². The molecule has 0 unspecified atom stereocenters. The van der Waals surface area contributed by atoms with Crippen LogP contribution in [0.5, 0.6) is 5.75 Å². The van der Waals surface area contributed by atoms with Crippen molar-refractivity contribution >= 4 is 27.5 Å². The fourth-order valence-corrected chi connectivity index (χ4v) is 4.26. The average molecular weight is 467 g/mol. The summed E-state index contributed by atoms with van der Waals surface area (Å²) in [6, 6.07) is 20.7. The van der Waals surface area contributed by atoms with Crippen LogP contribution in [0.25, 0.3) is 38.8 Å². The van der Waals surface area contributed by atoms with Crippen molar-refractivity contribution in [2.24, 2.45) is 0 Å². The Bertz CT molecular complexity index is 1550. The van der Waals surface area contributed by atoms with Crippen molar-refractivity contribution in [2.45, 2.75) is 33.1 Å². The Morgan fingerprint density at radius 3 is 2.31 bits per heavy atom. The number of hydrogen-bond acceptors (Lipinski definition) is 5. The molecule has 0 N–H and O–H groups in total. The van der Waals surface area contributed by atoms with Crippen LogP contribution in [-0.2, 0) is 5.41 Å². The topological polar surface area (TPSA) is 83.1 Å². The van der Waals surface area contributed by atoms with Gasteiger partial charge in [0, 0.05) is 34.7 Å². The average Bonchev–Trinajstić information content (AvgIpc) is 3.24. The molecule has 3 aromatic carbocycles. The molecule has 0 aliphatic heterocycles. The molecular weight excluding hydrogens is 440 g/mol. The predicted octanol–water partition coefficient (Wildman–Crippen LogP) is 6.85. The highest BCUT2D eigenvalue weighted by molar-refractivity contribution is 6.09. The summed E-state index contributed by atoms with van der Waals surface area (Å²) in [4.78, 5) is 15.4. The number of nitro groups is 1. The molecule has 35 heavy (non-hydrogen) atoms. The third kappa shape index (κ3) is 4.10. The number of ether oxygens (including phenoxy) is 1. The Kier molecular flexibility index (Phi) is 5.47. The summed E-state index contributed by atoms with van der Waals surface area (Å²) in [6.45, 7) is 9.08. The predicted molar refractivity (Wildman–Crippen MR) is 138 cm³/mol. The Morgan fingerprint density at radius 1 is 0.971 bits per heavy atom. The van der Waals surface area contributed by atoms with Crippen molar-refractivity contribution in [3.8, 4) is 22.7 Å². The summed E-state index contributed by atoms with van der Waals surface area (Å²) in [7, 11) is 0. The zero-order valence-corrected chi connectivity index (χ0v) is 20.1. The fourth-order valence-electron chi connectivity index (χ4n) is 4.26. The Labute approximate surface area is 203 Å². The molecule has 0 amide bonds. The van der Waals surface area contributed by atoms with Crippen LogP contribution in [0, 0.1) is 10.1 Å². The number of nitro benzene ring substituents is 1. The van der Waals surface area contributed by atoms with Crippen molar-refractivity contribution in [2.75, 3.05) is 6.61 Å². The summed E-state index contributed by atoms with van der Waals surface area (Å²) in [5, 5.41) is 17.9. The van der Waals surface area contributed by atoms with Gasteiger partial charge in [0.1, 0.15) is 11.4 Å². The van der Waals surface area contributed by atoms with E-state index >= 15 is 0 Å². The van der Waals surface area contributed by atoms with Crippen LogP contribution in [0.3, 0.4) is 0 Å². The van der Waals surface area contributed by atoms with E-state index in [1.54, 1.807) is 12.1 Å². The van der Waals surface area contributed by atoms with Gasteiger partial charge in [-0.05, 0) is 60.4 Å². The van der Waals surface area contributed by atoms with E-state index in [9.17, 15) is 10.1 Å². The highest BCUT2D eigenvalue weighted by Crippen LogP contribution is 2.36. The van der Waals surface area contributed by atoms with Gasteiger partial charge in [-0.2, -0.15) is 5.10 Å². The lowest BCUT2D eigenvalue weighted by Gasteiger charge is -2.19. The number of benzene rings is 3. The molecule has 2 aromatic heterocycles. The van der Waals surface area contributed by atoms with Crippen LogP contribution >= 0.6 is 0 Å². The van der Waals surface area contributed by atoms with Gasteiger partial charge in [-0.1, -0.05) is 32.9 Å². The summed E-state index contributed by atoms with van der Waals surface area (Å²) in [5.41, 5.74) is 5.48. The first-order chi connectivity index (χ1) is 16.8. The first-order valence-corrected chi connectivity index (χ1v) is 11.6. The molecule has 5 aromatic rings. The molecule has 0 spiro atoms. The van der Waals surface area contributed by atoms with Crippen LogP contribution < -0.4 is 4.74 Å². The second kappa shape index (κ2) is 8.51. The normalized spacial score (nSPS) is 11.8. The lowest BCUT2D eigenvalue weighted by atomic mass is 9.87. The maximum atomic E-state index is 11.1. The molecule has 0 saturated heterocycles. The number of pyridine rings is 1. The van der Waals surface area contributed by atoms with Gasteiger partial charge >= 0.3 is 0 Å². The number of rotatable bonds is 5. The molecule has 0 atom stereocenters. The van der Waals surface area contributed by atoms with Crippen molar-refractivity contribution in [1.82, 2.24) is 14.8 Å². The van der Waals surface area contributed by atoms with E-state index in [4.69, 9.17) is 9.84 Å². The highest BCUT2D eigenvalue weighted by Gasteiger charge is 2.19. The van der Waals surface area contributed by atoms with Crippen molar-refractivity contribution in [1.29, 1.82) is 0 Å². The van der Waals surface area contributed by atoms with E-state index < -0.39 is 4.92 Å². The molecule has 176 valence electrons. The Balaban J connectivity index is 1.78. The molecule has 5 rings (SSSR count). The van der Waals surface area contributed by atoms with Gasteiger partial charge in [0.15, 0.2) is 0 Å². The van der Waals surface area contributed by atoms with Gasteiger partial charge in [0.25, 0.3) is 5.69 Å². The van der Waals surface area contributed by atoms with Gasteiger partial charge in [0.2, 0.25) is 0 Å². The number of fused-ring (bicyclic) bond motifs is 3. The quantitative estimate of drug-likeness (QED) is 0.209. The zero-order valence-electron chi connectivity index (χ0n) is 20.1. The van der Waals surface area contributed by atoms with Crippen LogP contribution in [0.1, 0.15) is 33.3 Å². The highest BCUT2D eigenvalue weighted by atomic mass is 16.6. The largest absolute Gasteiger partial charge is 0.494 e. The third-order valence-electron chi connectivity index (χ3n) is 6.12. The molecule has 7 nitrogen and oxygen atoms in total. The SMILES string of the molecule is CCOc1ccc2ncc3c(-c4ccc([N+](=O)[O-])cc4)nn(-c4ccc(C(C)(C)C)cc4)c3c2c1. The van der Waals surface area contributed by atoms with Crippen LogP contribution in [0.2, 0.25) is 0 Å². The lowest BCUT2D eigenvalue weighted by molar-refractivity contribution is -0.384. The van der Waals surface area contributed by atoms with Gasteiger partial charge in [0.05, 0.1) is 28.3 Å². The van der Waals surface area contributed by atoms with E-state index in [1.165, 1.54) is 17.7 Å². The molecule has 0 aliphatic carbocycles. The molecular formula is C28H26N4O3. The van der Waals surface area contributed by atoms with Crippen LogP contribution in [0.4, 0.5) is 5.69 Å². The van der Waals surface area contributed by atoms with Gasteiger partial charge in [-0.3, -0.25) is 15.1 Å². The van der Waals surface area contributed by atoms with Crippen molar-refractivity contribution < 1.29 is 9.66 Å². The Morgan fingerprint density at radius 2 is 1.69 bits per heavy atom. The molecule has 7 heteroatoms. The smallest absolute Gasteiger partial charge is 0.269 e. The second-order valence-corrected chi connectivity index (χ2v) is 9.49. The number of non-ortho nitro benzene ring substituents is 1. The second-order valence-electron chi connectivity index (χ2n) is 9.49. The minimum Gasteiger partial charge on any atom is -0.494 e. The van der Waals surface area contributed by atoms with E-state index in [0.29, 0.717) is 12.3 Å². The summed E-state index contributed by atoms with van der Waals surface area (Å²) in [5.74, 6) is 0.766. The van der Waals surface area contributed by atoms with E-state index in [2.05, 4.69) is 50.0 Å². The molecule has 0 radical (unpaired) electrons. The molecule has 2 heterocycles. The number of nitrogens with zero attached hydrogens (tertiary/aromatic N) is 4. The van der Waals surface area contributed by atoms with Gasteiger partial charge < -0.3 is 4.74 Å². The van der Waals surface area contributed by atoms with Crippen molar-refractivity contribution in [3.05, 3.63) is 88.6 Å². The van der Waals surface area contributed by atoms with E-state index in [-0.39, 0.29) is 11.1 Å². The van der Waals surface area contributed by atoms with Crippen molar-refractivity contribution in [3.63, 3.8) is 0 Å². The summed E-state index contributed by atoms with van der Waals surface area (Å²) >= 11 is 0. The summed E-state index contributed by atoms with van der Waals surface area (Å²) < 4.78 is 7.70. The monoisotopic (exact) mass is 466 g/mol. The lowest BCUT2D eigenvalue weighted by Crippen LogP contribution is -2.11. The molecule has 0 fully saturated rings. The zero-order chi connectivity index (χ0) is 24.7. The van der Waals surface area contributed by atoms with E-state index in [1.807, 2.05) is 36.0 Å². The Hall–Kier alpha value is -4.26. The fraction of sp³-hybridized carbons (Fsp3) is 0.214. The molecule has 0 bridgehead atoms. The third-order valence-corrected chi connectivity index (χ3v) is 6.12. The minimum absolute atomic E-state index is 0.0393. The van der Waals surface area contributed by atoms with Crippen LogP contribution in [-0.4, -0.2) is 26.3 Å². The molecule has 0 aliphatic rings. The van der Waals surface area contributed by atoms with Gasteiger partial charge in [-0.15, -0.1) is 0 Å². The minimum atomic E-state index is -0.401. The maximum absolute atomic E-state index is 11.1. The standard InChI is InChI=1S/C28H26N4O3/c1-5-35-22-14-15-25-23(16-22)27-24(17-29-25)26(18-6-10-21(11-7-18)32(33)34)30-31(27)20-12-8-19(9-13-20)28(2,3)4/h6-17H,5H2,1-4H3. The maximum Gasteiger partial charge on any atom is 0.269 e. The number of aromatic nitrogens is 3. The first-order valence-electron chi connectivity index (χ1n) is 11.6. The van der Waals surface area contributed by atoms with Crippen LogP contribution in [0.15, 0.2) is 72.9 Å². The van der Waals surface area contributed by atoms with E-state index in [0.717, 1.165) is 38.8 Å². The first kappa shape index (κ1) is 22.5. The molecule has 0 saturated carbocycles. The number of hydrogen-bond donors (Lipinski definition) is 0.